The van der Waals surface area contributed by atoms with Crippen LogP contribution in [-0.4, -0.2) is 8.07 Å². The van der Waals surface area contributed by atoms with Crippen LogP contribution in [0.25, 0.3) is 0 Å². The second kappa shape index (κ2) is 8.32. The van der Waals surface area contributed by atoms with Crippen LogP contribution in [0.5, 0.6) is 0 Å². The minimum Gasteiger partial charge on any atom is -0.130 e. The Balaban J connectivity index is 4.75. The summed E-state index contributed by atoms with van der Waals surface area (Å²) >= 11 is 0. The molecule has 0 saturated carbocycles. The molecule has 82 valence electrons. The molecule has 0 N–H and O–H groups in total. The maximum Gasteiger partial charge on any atom is 0.149 e. The molecular formula is C14H22Si. The third-order valence-corrected chi connectivity index (χ3v) is 6.25. The molecule has 0 aliphatic carbocycles. The van der Waals surface area contributed by atoms with Crippen molar-refractivity contribution >= 4 is 8.07 Å². The van der Waals surface area contributed by atoms with Crippen LogP contribution in [0.4, 0.5) is 0 Å². The smallest absolute Gasteiger partial charge is 0.130 e. The van der Waals surface area contributed by atoms with Crippen LogP contribution in [0.1, 0.15) is 19.8 Å². The van der Waals surface area contributed by atoms with Crippen molar-refractivity contribution in [1.82, 2.24) is 0 Å². The van der Waals surface area contributed by atoms with Gasteiger partial charge in [0.1, 0.15) is 8.07 Å². The molecule has 15 heavy (non-hydrogen) atoms. The summed E-state index contributed by atoms with van der Waals surface area (Å²) in [7, 11) is -1.55. The molecule has 0 aliphatic heterocycles. The second-order valence-corrected chi connectivity index (χ2v) is 7.85. The van der Waals surface area contributed by atoms with Crippen LogP contribution in [0.2, 0.25) is 18.1 Å². The van der Waals surface area contributed by atoms with Gasteiger partial charge in [-0.3, -0.25) is 0 Å². The molecule has 0 bridgehead atoms. The molecule has 0 unspecified atom stereocenters. The number of unbranched alkanes of at least 4 members (excludes halogenated alkanes) is 1. The van der Waals surface area contributed by atoms with Crippen LogP contribution >= 0.6 is 0 Å². The summed E-state index contributed by atoms with van der Waals surface area (Å²) in [6.45, 7) is 13.7. The first kappa shape index (κ1) is 14.0. The van der Waals surface area contributed by atoms with Gasteiger partial charge in [-0.15, -0.1) is 31.2 Å². The Kier molecular flexibility index (Phi) is 7.76. The predicted octanol–water partition coefficient (Wildman–Crippen LogP) is 4.34. The molecule has 0 atom stereocenters. The van der Waals surface area contributed by atoms with Crippen molar-refractivity contribution in [3.63, 3.8) is 0 Å². The van der Waals surface area contributed by atoms with E-state index in [0.717, 1.165) is 31.0 Å². The lowest BCUT2D eigenvalue weighted by Gasteiger charge is -2.21. The first-order chi connectivity index (χ1) is 7.24. The average molecular weight is 218 g/mol. The van der Waals surface area contributed by atoms with Gasteiger partial charge < -0.3 is 0 Å². The molecule has 0 nitrogen and oxygen atoms in total. The molecule has 0 amide bonds. The number of hydrogen-bond donors (Lipinski definition) is 0. The summed E-state index contributed by atoms with van der Waals surface area (Å²) in [6.07, 6.45) is 8.13. The van der Waals surface area contributed by atoms with Gasteiger partial charge in [-0.2, -0.15) is 0 Å². The zero-order valence-corrected chi connectivity index (χ0v) is 10.9. The van der Waals surface area contributed by atoms with E-state index in [0.29, 0.717) is 0 Å². The normalized spacial score (nSPS) is 9.93. The third-order valence-electron chi connectivity index (χ3n) is 2.33. The van der Waals surface area contributed by atoms with Gasteiger partial charge in [0, 0.05) is 6.42 Å². The van der Waals surface area contributed by atoms with Crippen LogP contribution < -0.4 is 0 Å². The summed E-state index contributed by atoms with van der Waals surface area (Å²) in [4.78, 5) is 0. The Morgan fingerprint density at radius 1 is 1.00 bits per heavy atom. The molecule has 0 rings (SSSR count). The van der Waals surface area contributed by atoms with Gasteiger partial charge in [-0.25, -0.2) is 0 Å². The summed E-state index contributed by atoms with van der Waals surface area (Å²) in [5.41, 5.74) is 3.51. The van der Waals surface area contributed by atoms with Gasteiger partial charge in [-0.1, -0.05) is 25.2 Å². The minimum atomic E-state index is -1.55. The SMILES string of the molecule is C=CC[Si](C#CCCC)(CC=C)CC=C. The Hall–Kier alpha value is -1.00. The van der Waals surface area contributed by atoms with Crippen molar-refractivity contribution in [3.8, 4) is 11.5 Å². The second-order valence-electron chi connectivity index (χ2n) is 3.81. The fourth-order valence-corrected chi connectivity index (χ4v) is 4.57. The van der Waals surface area contributed by atoms with E-state index in [4.69, 9.17) is 0 Å². The van der Waals surface area contributed by atoms with Crippen LogP contribution in [0.3, 0.4) is 0 Å². The van der Waals surface area contributed by atoms with E-state index in [1.165, 1.54) is 0 Å². The quantitative estimate of drug-likeness (QED) is 0.339. The van der Waals surface area contributed by atoms with E-state index < -0.39 is 8.07 Å². The van der Waals surface area contributed by atoms with Crippen molar-refractivity contribution in [2.45, 2.75) is 37.9 Å². The fourth-order valence-electron chi connectivity index (χ4n) is 1.61. The Bertz CT molecular complexity index is 238. The molecule has 0 spiro atoms. The summed E-state index contributed by atoms with van der Waals surface area (Å²) < 4.78 is 0. The third kappa shape index (κ3) is 5.44. The van der Waals surface area contributed by atoms with Crippen molar-refractivity contribution in [3.05, 3.63) is 38.0 Å². The Morgan fingerprint density at radius 2 is 1.47 bits per heavy atom. The van der Waals surface area contributed by atoms with Crippen LogP contribution in [0, 0.1) is 11.5 Å². The highest BCUT2D eigenvalue weighted by Crippen LogP contribution is 2.21. The van der Waals surface area contributed by atoms with Gasteiger partial charge in [-0.05, 0) is 24.6 Å². The van der Waals surface area contributed by atoms with E-state index in [1.807, 2.05) is 18.2 Å². The molecule has 0 saturated heterocycles. The van der Waals surface area contributed by atoms with Gasteiger partial charge in [0.2, 0.25) is 0 Å². The van der Waals surface area contributed by atoms with Gasteiger partial charge in [0.05, 0.1) is 0 Å². The van der Waals surface area contributed by atoms with Crippen molar-refractivity contribution in [2.24, 2.45) is 0 Å². The zero-order valence-electron chi connectivity index (χ0n) is 9.89. The van der Waals surface area contributed by atoms with Gasteiger partial charge in [0.15, 0.2) is 0 Å². The largest absolute Gasteiger partial charge is 0.149 e. The molecule has 0 aromatic heterocycles. The maximum absolute atomic E-state index is 3.84. The Morgan fingerprint density at radius 3 is 1.80 bits per heavy atom. The zero-order chi connectivity index (χ0) is 11.6. The molecule has 1 heteroatoms. The van der Waals surface area contributed by atoms with Crippen LogP contribution in [-0.2, 0) is 0 Å². The minimum absolute atomic E-state index is 1.00. The van der Waals surface area contributed by atoms with E-state index in [1.54, 1.807) is 0 Å². The first-order valence-electron chi connectivity index (χ1n) is 5.57. The molecular weight excluding hydrogens is 196 g/mol. The van der Waals surface area contributed by atoms with Gasteiger partial charge >= 0.3 is 0 Å². The van der Waals surface area contributed by atoms with Crippen molar-refractivity contribution in [2.75, 3.05) is 0 Å². The molecule has 0 aromatic rings. The van der Waals surface area contributed by atoms with Crippen molar-refractivity contribution in [1.29, 1.82) is 0 Å². The monoisotopic (exact) mass is 218 g/mol. The fraction of sp³-hybridized carbons (Fsp3) is 0.429. The molecule has 0 radical (unpaired) electrons. The first-order valence-corrected chi connectivity index (χ1v) is 8.19. The van der Waals surface area contributed by atoms with E-state index >= 15 is 0 Å². The highest BCUT2D eigenvalue weighted by molar-refractivity contribution is 6.88. The van der Waals surface area contributed by atoms with E-state index in [2.05, 4.69) is 38.1 Å². The highest BCUT2D eigenvalue weighted by Gasteiger charge is 2.26. The number of hydrogen-bond acceptors (Lipinski definition) is 0. The number of rotatable bonds is 7. The molecule has 0 aliphatic rings. The van der Waals surface area contributed by atoms with Crippen molar-refractivity contribution < 1.29 is 0 Å². The lowest BCUT2D eigenvalue weighted by molar-refractivity contribution is 0.983. The number of allylic oxidation sites excluding steroid dienone is 3. The molecule has 0 aromatic carbocycles. The standard InChI is InChI=1S/C14H22Si/c1-5-9-10-14-15(11-6-2,12-7-3)13-8-4/h6-8H,2-5,9,11-13H2,1H3. The predicted molar refractivity (Wildman–Crippen MR) is 73.5 cm³/mol. The maximum atomic E-state index is 3.84. The summed E-state index contributed by atoms with van der Waals surface area (Å²) in [5, 5.41) is 0. The highest BCUT2D eigenvalue weighted by atomic mass is 28.3. The van der Waals surface area contributed by atoms with Crippen LogP contribution in [0.15, 0.2) is 38.0 Å². The van der Waals surface area contributed by atoms with E-state index in [-0.39, 0.29) is 0 Å². The topological polar surface area (TPSA) is 0 Å². The Labute approximate surface area is 95.8 Å². The summed E-state index contributed by atoms with van der Waals surface area (Å²) in [6, 6.07) is 3.13. The lowest BCUT2D eigenvalue weighted by Crippen LogP contribution is -2.30. The average Bonchev–Trinajstić information content (AvgIpc) is 2.19. The molecule has 0 heterocycles. The lowest BCUT2D eigenvalue weighted by atomic mass is 10.4. The summed E-state index contributed by atoms with van der Waals surface area (Å²) in [5.74, 6) is 3.30. The molecule has 0 fully saturated rings. The van der Waals surface area contributed by atoms with E-state index in [9.17, 15) is 0 Å². The van der Waals surface area contributed by atoms with Gasteiger partial charge in [0.25, 0.3) is 0 Å².